The molecule has 0 aliphatic heterocycles. The third-order valence-electron chi connectivity index (χ3n) is 3.22. The van der Waals surface area contributed by atoms with Crippen molar-refractivity contribution in [2.75, 3.05) is 0 Å². The molecule has 0 aliphatic carbocycles. The summed E-state index contributed by atoms with van der Waals surface area (Å²) >= 11 is 0. The lowest BCUT2D eigenvalue weighted by molar-refractivity contribution is 0.186. The van der Waals surface area contributed by atoms with Gasteiger partial charge in [0.25, 0.3) is 0 Å². The van der Waals surface area contributed by atoms with E-state index in [0.29, 0.717) is 17.0 Å². The molecule has 2 heterocycles. The van der Waals surface area contributed by atoms with E-state index >= 15 is 0 Å². The first-order chi connectivity index (χ1) is 9.09. The number of benzene rings is 1. The molecule has 5 nitrogen and oxygen atoms in total. The van der Waals surface area contributed by atoms with Crippen molar-refractivity contribution < 1.29 is 5.21 Å². The Morgan fingerprint density at radius 3 is 2.79 bits per heavy atom. The number of pyridine rings is 1. The Kier molecular flexibility index (Phi) is 2.55. The lowest BCUT2D eigenvalue weighted by Crippen LogP contribution is -2.19. The average Bonchev–Trinajstić information content (AvgIpc) is 2.79. The van der Waals surface area contributed by atoms with Gasteiger partial charge in [-0.15, -0.1) is 0 Å². The molecule has 2 N–H and O–H groups in total. The fraction of sp³-hybridized carbons (Fsp3) is 0.286. The van der Waals surface area contributed by atoms with E-state index in [0.717, 1.165) is 22.2 Å². The molecule has 3 rings (SSSR count). The molecule has 1 aromatic carbocycles. The number of hydrogen-bond donors (Lipinski definition) is 2. The van der Waals surface area contributed by atoms with Gasteiger partial charge >= 0.3 is 0 Å². The van der Waals surface area contributed by atoms with Crippen LogP contribution >= 0.6 is 0 Å². The highest BCUT2D eigenvalue weighted by atomic mass is 16.5. The minimum absolute atomic E-state index is 0.0243. The summed E-state index contributed by atoms with van der Waals surface area (Å²) in [5, 5.41) is 18.9. The largest absolute Gasteiger partial charge is 0.426 e. The second kappa shape index (κ2) is 4.12. The SMILES string of the molecule is CC(C)Cn1cnc2c(=N)n(O)c3ccccc3c21. The van der Waals surface area contributed by atoms with Gasteiger partial charge in [0.2, 0.25) is 0 Å². The van der Waals surface area contributed by atoms with Crippen LogP contribution in [-0.2, 0) is 6.54 Å². The molecule has 2 aromatic heterocycles. The maximum absolute atomic E-state index is 10.0. The van der Waals surface area contributed by atoms with E-state index in [1.807, 2.05) is 18.2 Å². The predicted molar refractivity (Wildman–Crippen MR) is 73.1 cm³/mol. The Bertz CT molecular complexity index is 813. The fourth-order valence-electron chi connectivity index (χ4n) is 2.45. The van der Waals surface area contributed by atoms with Crippen molar-refractivity contribution in [1.82, 2.24) is 14.3 Å². The standard InChI is InChI=1S/C14H16N4O/c1-9(2)7-17-8-16-12-13(17)10-5-3-4-6-11(10)18(19)14(12)15/h3-6,8-9,15,19H,7H2,1-2H3. The van der Waals surface area contributed by atoms with E-state index in [4.69, 9.17) is 5.41 Å². The van der Waals surface area contributed by atoms with Gasteiger partial charge in [0.1, 0.15) is 5.52 Å². The Balaban J connectivity index is 2.49. The summed E-state index contributed by atoms with van der Waals surface area (Å²) in [6.45, 7) is 5.13. The molecule has 0 bridgehead atoms. The van der Waals surface area contributed by atoms with Crippen molar-refractivity contribution in [1.29, 1.82) is 5.41 Å². The van der Waals surface area contributed by atoms with Crippen LogP contribution in [0, 0.1) is 11.3 Å². The second-order valence-electron chi connectivity index (χ2n) is 5.17. The second-order valence-corrected chi connectivity index (χ2v) is 5.17. The van der Waals surface area contributed by atoms with Gasteiger partial charge in [0, 0.05) is 11.9 Å². The van der Waals surface area contributed by atoms with Crippen LogP contribution in [0.1, 0.15) is 13.8 Å². The minimum Gasteiger partial charge on any atom is -0.426 e. The molecular formula is C14H16N4O. The van der Waals surface area contributed by atoms with Gasteiger partial charge in [-0.2, -0.15) is 4.73 Å². The number of nitrogens with one attached hydrogen (secondary N) is 1. The van der Waals surface area contributed by atoms with Gasteiger partial charge in [-0.3, -0.25) is 5.41 Å². The molecule has 0 saturated heterocycles. The summed E-state index contributed by atoms with van der Waals surface area (Å²) in [6.07, 6.45) is 1.75. The monoisotopic (exact) mass is 256 g/mol. The van der Waals surface area contributed by atoms with E-state index in [1.54, 1.807) is 12.4 Å². The summed E-state index contributed by atoms with van der Waals surface area (Å²) in [5.41, 5.74) is 2.10. The summed E-state index contributed by atoms with van der Waals surface area (Å²) in [7, 11) is 0. The van der Waals surface area contributed by atoms with Crippen LogP contribution < -0.4 is 5.49 Å². The smallest absolute Gasteiger partial charge is 0.189 e. The zero-order chi connectivity index (χ0) is 13.6. The molecule has 0 radical (unpaired) electrons. The number of hydrogen-bond acceptors (Lipinski definition) is 3. The van der Waals surface area contributed by atoms with Crippen LogP contribution in [0.15, 0.2) is 30.6 Å². The average molecular weight is 256 g/mol. The third-order valence-corrected chi connectivity index (χ3v) is 3.22. The predicted octanol–water partition coefficient (Wildman–Crippen LogP) is 2.36. The highest BCUT2D eigenvalue weighted by Gasteiger charge is 2.13. The third kappa shape index (κ3) is 1.69. The Labute approximate surface area is 110 Å². The first-order valence-corrected chi connectivity index (χ1v) is 6.32. The van der Waals surface area contributed by atoms with E-state index in [-0.39, 0.29) is 5.49 Å². The molecule has 0 aliphatic rings. The van der Waals surface area contributed by atoms with Crippen molar-refractivity contribution in [2.45, 2.75) is 20.4 Å². The minimum atomic E-state index is 0.0243. The zero-order valence-corrected chi connectivity index (χ0v) is 11.0. The number of para-hydroxylation sites is 1. The van der Waals surface area contributed by atoms with Gasteiger partial charge in [-0.25, -0.2) is 4.98 Å². The van der Waals surface area contributed by atoms with E-state index in [1.165, 1.54) is 0 Å². The molecule has 0 atom stereocenters. The summed E-state index contributed by atoms with van der Waals surface area (Å²) in [5.74, 6) is 0.492. The van der Waals surface area contributed by atoms with Crippen LogP contribution in [0.5, 0.6) is 0 Å². The lowest BCUT2D eigenvalue weighted by atomic mass is 10.1. The van der Waals surface area contributed by atoms with Gasteiger partial charge in [0.05, 0.1) is 17.4 Å². The number of fused-ring (bicyclic) bond motifs is 3. The highest BCUT2D eigenvalue weighted by Crippen LogP contribution is 2.22. The van der Waals surface area contributed by atoms with Crippen LogP contribution in [0.3, 0.4) is 0 Å². The summed E-state index contributed by atoms with van der Waals surface area (Å²) < 4.78 is 2.95. The summed E-state index contributed by atoms with van der Waals surface area (Å²) in [6, 6.07) is 7.53. The molecule has 0 unspecified atom stereocenters. The first kappa shape index (κ1) is 11.8. The van der Waals surface area contributed by atoms with E-state index in [9.17, 15) is 5.21 Å². The lowest BCUT2D eigenvalue weighted by Gasteiger charge is -2.10. The molecule has 19 heavy (non-hydrogen) atoms. The van der Waals surface area contributed by atoms with Crippen LogP contribution in [-0.4, -0.2) is 19.5 Å². The first-order valence-electron chi connectivity index (χ1n) is 6.32. The normalized spacial score (nSPS) is 11.7. The molecular weight excluding hydrogens is 240 g/mol. The van der Waals surface area contributed by atoms with Crippen molar-refractivity contribution in [2.24, 2.45) is 5.92 Å². The Morgan fingerprint density at radius 2 is 2.05 bits per heavy atom. The number of nitrogens with zero attached hydrogens (tertiary/aromatic N) is 3. The number of rotatable bonds is 2. The Morgan fingerprint density at radius 1 is 1.32 bits per heavy atom. The zero-order valence-electron chi connectivity index (χ0n) is 11.0. The molecule has 0 amide bonds. The number of aromatic nitrogens is 3. The molecule has 0 saturated carbocycles. The van der Waals surface area contributed by atoms with E-state index < -0.39 is 0 Å². The van der Waals surface area contributed by atoms with Gasteiger partial charge in [-0.1, -0.05) is 32.0 Å². The molecule has 3 aromatic rings. The summed E-state index contributed by atoms with van der Waals surface area (Å²) in [4.78, 5) is 4.28. The topological polar surface area (TPSA) is 66.8 Å². The molecule has 0 spiro atoms. The van der Waals surface area contributed by atoms with Crippen LogP contribution in [0.25, 0.3) is 21.9 Å². The van der Waals surface area contributed by atoms with Gasteiger partial charge in [-0.05, 0) is 12.0 Å². The van der Waals surface area contributed by atoms with Crippen molar-refractivity contribution >= 4 is 21.9 Å². The van der Waals surface area contributed by atoms with Crippen LogP contribution in [0.2, 0.25) is 0 Å². The van der Waals surface area contributed by atoms with Crippen molar-refractivity contribution in [3.63, 3.8) is 0 Å². The highest BCUT2D eigenvalue weighted by molar-refractivity contribution is 6.01. The van der Waals surface area contributed by atoms with Crippen LogP contribution in [0.4, 0.5) is 0 Å². The molecule has 5 heteroatoms. The molecule has 98 valence electrons. The Hall–Kier alpha value is -2.30. The van der Waals surface area contributed by atoms with Gasteiger partial charge in [0.15, 0.2) is 5.49 Å². The quantitative estimate of drug-likeness (QED) is 0.691. The van der Waals surface area contributed by atoms with Crippen molar-refractivity contribution in [3.8, 4) is 0 Å². The number of imidazole rings is 1. The van der Waals surface area contributed by atoms with Gasteiger partial charge < -0.3 is 9.77 Å². The molecule has 0 fully saturated rings. The maximum atomic E-state index is 10.0. The maximum Gasteiger partial charge on any atom is 0.189 e. The fourth-order valence-corrected chi connectivity index (χ4v) is 2.45. The van der Waals surface area contributed by atoms with Crippen molar-refractivity contribution in [3.05, 3.63) is 36.1 Å². The van der Waals surface area contributed by atoms with E-state index in [2.05, 4.69) is 23.4 Å².